The number of nitrogens with one attached hydrogen (secondary N) is 2. The smallest absolute Gasteiger partial charge is 0.372 e. The van der Waals surface area contributed by atoms with Crippen molar-refractivity contribution in [1.29, 1.82) is 0 Å². The Kier molecular flexibility index (Phi) is 3.41. The topological polar surface area (TPSA) is 80.1 Å². The van der Waals surface area contributed by atoms with Crippen molar-refractivity contribution in [3.63, 3.8) is 0 Å². The van der Waals surface area contributed by atoms with Gasteiger partial charge in [-0.1, -0.05) is 0 Å². The first-order chi connectivity index (χ1) is 11.5. The fourth-order valence-electron chi connectivity index (χ4n) is 2.65. The van der Waals surface area contributed by atoms with Crippen molar-refractivity contribution < 1.29 is 17.9 Å². The van der Waals surface area contributed by atoms with E-state index < -0.39 is 11.9 Å². The molecule has 10 heteroatoms. The zero-order chi connectivity index (χ0) is 16.7. The van der Waals surface area contributed by atoms with Crippen molar-refractivity contribution in [2.24, 2.45) is 0 Å². The largest absolute Gasteiger partial charge is 0.434 e. The minimum absolute atomic E-state index is 0.0260. The van der Waals surface area contributed by atoms with Crippen molar-refractivity contribution in [3.05, 3.63) is 35.9 Å². The highest BCUT2D eigenvalue weighted by Gasteiger charge is 2.34. The van der Waals surface area contributed by atoms with Gasteiger partial charge in [-0.25, -0.2) is 9.97 Å². The van der Waals surface area contributed by atoms with Gasteiger partial charge >= 0.3 is 6.18 Å². The highest BCUT2D eigenvalue weighted by molar-refractivity contribution is 5.54. The minimum Gasteiger partial charge on any atom is -0.372 e. The van der Waals surface area contributed by atoms with Crippen LogP contribution in [0, 0.1) is 0 Å². The van der Waals surface area contributed by atoms with E-state index in [1.54, 1.807) is 6.07 Å². The molecule has 0 bridgehead atoms. The van der Waals surface area contributed by atoms with Crippen LogP contribution < -0.4 is 5.32 Å². The molecule has 0 spiro atoms. The summed E-state index contributed by atoms with van der Waals surface area (Å²) >= 11 is 0. The zero-order valence-electron chi connectivity index (χ0n) is 12.3. The van der Waals surface area contributed by atoms with Crippen LogP contribution in [0.3, 0.4) is 0 Å². The third-order valence-electron chi connectivity index (χ3n) is 3.79. The summed E-state index contributed by atoms with van der Waals surface area (Å²) in [5, 5.41) is 9.88. The number of hydrogen-bond acceptors (Lipinski definition) is 5. The maximum Gasteiger partial charge on any atom is 0.434 e. The number of halogens is 3. The van der Waals surface area contributed by atoms with Gasteiger partial charge in [-0.05, 0) is 18.9 Å². The van der Waals surface area contributed by atoms with Crippen LogP contribution in [-0.2, 0) is 10.9 Å². The number of anilines is 2. The van der Waals surface area contributed by atoms with Crippen LogP contribution in [0.15, 0.2) is 24.5 Å². The Hall–Kier alpha value is -2.62. The number of rotatable bonds is 3. The quantitative estimate of drug-likeness (QED) is 0.767. The zero-order valence-corrected chi connectivity index (χ0v) is 12.3. The third-order valence-corrected chi connectivity index (χ3v) is 3.79. The summed E-state index contributed by atoms with van der Waals surface area (Å²) in [5.74, 6) is 0.642. The number of alkyl halides is 3. The number of fused-ring (bicyclic) bond motifs is 1. The Bertz CT molecular complexity index is 865. The number of hydrogen-bond donors (Lipinski definition) is 2. The maximum atomic E-state index is 12.8. The molecule has 2 N–H and O–H groups in total. The second kappa shape index (κ2) is 5.48. The van der Waals surface area contributed by atoms with E-state index in [1.165, 1.54) is 16.7 Å². The average Bonchev–Trinajstić information content (AvgIpc) is 3.26. The van der Waals surface area contributed by atoms with Crippen LogP contribution in [0.5, 0.6) is 0 Å². The van der Waals surface area contributed by atoms with Gasteiger partial charge < -0.3 is 10.1 Å². The minimum atomic E-state index is -4.51. The molecule has 0 aromatic carbocycles. The van der Waals surface area contributed by atoms with E-state index in [0.717, 1.165) is 24.7 Å². The molecule has 0 unspecified atom stereocenters. The number of imidazole rings is 1. The van der Waals surface area contributed by atoms with Crippen LogP contribution in [0.2, 0.25) is 0 Å². The predicted octanol–water partition coefficient (Wildman–Crippen LogP) is 3.07. The monoisotopic (exact) mass is 338 g/mol. The summed E-state index contributed by atoms with van der Waals surface area (Å²) in [4.78, 5) is 7.63. The Morgan fingerprint density at radius 3 is 3.00 bits per heavy atom. The van der Waals surface area contributed by atoms with Gasteiger partial charge in [-0.15, -0.1) is 0 Å². The highest BCUT2D eigenvalue weighted by Crippen LogP contribution is 2.30. The molecule has 3 aromatic rings. The summed E-state index contributed by atoms with van der Waals surface area (Å²) in [7, 11) is 0. The standard InChI is InChI=1S/C14H13F3N6O/c15-14(16,17)10-7-23-12(19-10)3-4-18-13(23)20-11-6-8(21-22-11)9-2-1-5-24-9/h3-4,6-7,9H,1-2,5H2,(H2,18,20,21,22)/t9-/m0/s1. The normalized spacial score (nSPS) is 18.4. The van der Waals surface area contributed by atoms with E-state index in [4.69, 9.17) is 4.74 Å². The van der Waals surface area contributed by atoms with Crippen LogP contribution in [-0.4, -0.2) is 31.2 Å². The molecule has 4 rings (SSSR count). The van der Waals surface area contributed by atoms with E-state index in [0.29, 0.717) is 12.4 Å². The fourth-order valence-corrected chi connectivity index (χ4v) is 2.65. The van der Waals surface area contributed by atoms with Crippen LogP contribution in [0.4, 0.5) is 24.9 Å². The predicted molar refractivity (Wildman–Crippen MR) is 77.8 cm³/mol. The fraction of sp³-hybridized carbons (Fsp3) is 0.357. The van der Waals surface area contributed by atoms with E-state index in [2.05, 4.69) is 25.5 Å². The van der Waals surface area contributed by atoms with Gasteiger partial charge in [0.25, 0.3) is 0 Å². The van der Waals surface area contributed by atoms with Crippen LogP contribution in [0.25, 0.3) is 5.65 Å². The molecule has 3 aromatic heterocycles. The van der Waals surface area contributed by atoms with E-state index in [-0.39, 0.29) is 17.7 Å². The Labute approximate surface area is 133 Å². The molecule has 24 heavy (non-hydrogen) atoms. The van der Waals surface area contributed by atoms with Gasteiger partial charge in [0.2, 0.25) is 5.95 Å². The van der Waals surface area contributed by atoms with E-state index >= 15 is 0 Å². The lowest BCUT2D eigenvalue weighted by molar-refractivity contribution is -0.140. The highest BCUT2D eigenvalue weighted by atomic mass is 19.4. The molecule has 1 aliphatic heterocycles. The summed E-state index contributed by atoms with van der Waals surface area (Å²) in [6.07, 6.45) is -0.352. The van der Waals surface area contributed by atoms with Gasteiger partial charge in [-0.2, -0.15) is 18.3 Å². The molecule has 0 radical (unpaired) electrons. The summed E-state index contributed by atoms with van der Waals surface area (Å²) in [6, 6.07) is 3.17. The van der Waals surface area contributed by atoms with E-state index in [1.807, 2.05) is 0 Å². The van der Waals surface area contributed by atoms with Crippen molar-refractivity contribution in [3.8, 4) is 0 Å². The molecule has 0 amide bonds. The van der Waals surface area contributed by atoms with Crippen molar-refractivity contribution in [2.45, 2.75) is 25.1 Å². The summed E-state index contributed by atoms with van der Waals surface area (Å²) in [5.41, 5.74) is -0.000815. The number of nitrogens with zero attached hydrogens (tertiary/aromatic N) is 4. The molecule has 0 aliphatic carbocycles. The second-order valence-electron chi connectivity index (χ2n) is 5.46. The lowest BCUT2D eigenvalue weighted by atomic mass is 10.2. The molecule has 126 valence electrons. The number of aromatic nitrogens is 5. The van der Waals surface area contributed by atoms with Crippen LogP contribution in [0.1, 0.15) is 30.3 Å². The SMILES string of the molecule is FC(F)(F)c1cn2c(Nc3cc([C@@H]4CCCO4)[nH]n3)nccc2n1. The van der Waals surface area contributed by atoms with Crippen molar-refractivity contribution >= 4 is 17.4 Å². The molecule has 1 atom stereocenters. The first kappa shape index (κ1) is 14.9. The Balaban J connectivity index is 1.63. The van der Waals surface area contributed by atoms with Gasteiger partial charge in [-0.3, -0.25) is 9.50 Å². The third kappa shape index (κ3) is 2.68. The second-order valence-corrected chi connectivity index (χ2v) is 5.46. The average molecular weight is 338 g/mol. The van der Waals surface area contributed by atoms with Gasteiger partial charge in [0.1, 0.15) is 5.65 Å². The van der Waals surface area contributed by atoms with Crippen molar-refractivity contribution in [2.75, 3.05) is 11.9 Å². The lowest BCUT2D eigenvalue weighted by Crippen LogP contribution is -2.04. The van der Waals surface area contributed by atoms with Crippen LogP contribution >= 0.6 is 0 Å². The molecular weight excluding hydrogens is 325 g/mol. The van der Waals surface area contributed by atoms with E-state index in [9.17, 15) is 13.2 Å². The van der Waals surface area contributed by atoms with Gasteiger partial charge in [0, 0.05) is 25.1 Å². The van der Waals surface area contributed by atoms with Gasteiger partial charge in [0.15, 0.2) is 11.5 Å². The first-order valence-corrected chi connectivity index (χ1v) is 7.36. The summed E-state index contributed by atoms with van der Waals surface area (Å²) < 4.78 is 45.2. The number of ether oxygens (including phenoxy) is 1. The van der Waals surface area contributed by atoms with Crippen molar-refractivity contribution in [1.82, 2.24) is 24.6 Å². The molecule has 7 nitrogen and oxygen atoms in total. The number of aromatic amines is 1. The first-order valence-electron chi connectivity index (χ1n) is 7.36. The number of H-pyrrole nitrogens is 1. The molecule has 1 fully saturated rings. The molecular formula is C14H13F3N6O. The molecule has 0 saturated carbocycles. The molecule has 4 heterocycles. The molecule has 1 saturated heterocycles. The maximum absolute atomic E-state index is 12.8. The Morgan fingerprint density at radius 1 is 1.38 bits per heavy atom. The van der Waals surface area contributed by atoms with Gasteiger partial charge in [0.05, 0.1) is 11.8 Å². The summed E-state index contributed by atoms with van der Waals surface area (Å²) in [6.45, 7) is 0.711. The molecule has 1 aliphatic rings. The lowest BCUT2D eigenvalue weighted by Gasteiger charge is -2.05. The Morgan fingerprint density at radius 2 is 2.25 bits per heavy atom.